The maximum atomic E-state index is 13.1. The Hall–Kier alpha value is -3.44. The molecule has 0 aromatic heterocycles. The number of amides is 4. The standard InChI is InChI=1S/C21H16BrN3O4/c1-2-13-11-15(22)7-8-17(13)25-20(27)16(19(26)24-21(25)28)12-14-5-3-4-6-18(14)29-10-9-23/h3-8,11-12H,2,10H2,1H3,(H,24,26,28). The number of aryl methyl sites for hydroxylation is 1. The second-order valence-corrected chi connectivity index (χ2v) is 6.98. The Morgan fingerprint density at radius 1 is 1.21 bits per heavy atom. The first-order valence-electron chi connectivity index (χ1n) is 8.75. The fourth-order valence-electron chi connectivity index (χ4n) is 2.93. The van der Waals surface area contributed by atoms with Crippen LogP contribution in [-0.2, 0) is 16.0 Å². The van der Waals surface area contributed by atoms with E-state index >= 15 is 0 Å². The highest BCUT2D eigenvalue weighted by Gasteiger charge is 2.37. The summed E-state index contributed by atoms with van der Waals surface area (Å²) in [4.78, 5) is 38.9. The lowest BCUT2D eigenvalue weighted by Gasteiger charge is -2.28. The molecule has 2 aromatic rings. The number of barbiturate groups is 1. The summed E-state index contributed by atoms with van der Waals surface area (Å²) in [6.07, 6.45) is 1.94. The topological polar surface area (TPSA) is 99.5 Å². The van der Waals surface area contributed by atoms with Gasteiger partial charge in [-0.05, 0) is 42.3 Å². The van der Waals surface area contributed by atoms with Crippen LogP contribution in [-0.4, -0.2) is 24.5 Å². The van der Waals surface area contributed by atoms with Crippen molar-refractivity contribution in [1.29, 1.82) is 5.26 Å². The predicted octanol–water partition coefficient (Wildman–Crippen LogP) is 3.58. The van der Waals surface area contributed by atoms with E-state index < -0.39 is 17.8 Å². The van der Waals surface area contributed by atoms with Crippen LogP contribution >= 0.6 is 15.9 Å². The lowest BCUT2D eigenvalue weighted by atomic mass is 10.0. The first-order chi connectivity index (χ1) is 14.0. The quantitative estimate of drug-likeness (QED) is 0.550. The van der Waals surface area contributed by atoms with Gasteiger partial charge in [0.15, 0.2) is 6.61 Å². The number of anilines is 1. The van der Waals surface area contributed by atoms with Gasteiger partial charge in [-0.1, -0.05) is 41.1 Å². The minimum absolute atomic E-state index is 0.177. The number of nitrogens with one attached hydrogen (secondary N) is 1. The maximum absolute atomic E-state index is 13.1. The van der Waals surface area contributed by atoms with Crippen LogP contribution in [0.25, 0.3) is 6.08 Å². The van der Waals surface area contributed by atoms with E-state index in [0.29, 0.717) is 23.4 Å². The first-order valence-corrected chi connectivity index (χ1v) is 9.54. The summed E-state index contributed by atoms with van der Waals surface area (Å²) < 4.78 is 6.16. The number of benzene rings is 2. The number of urea groups is 1. The molecule has 29 heavy (non-hydrogen) atoms. The highest BCUT2D eigenvalue weighted by atomic mass is 79.9. The predicted molar refractivity (Wildman–Crippen MR) is 110 cm³/mol. The van der Waals surface area contributed by atoms with E-state index in [4.69, 9.17) is 10.00 Å². The lowest BCUT2D eigenvalue weighted by Crippen LogP contribution is -2.54. The third-order valence-corrected chi connectivity index (χ3v) is 4.77. The Kier molecular flexibility index (Phi) is 6.10. The van der Waals surface area contributed by atoms with Crippen molar-refractivity contribution in [3.63, 3.8) is 0 Å². The van der Waals surface area contributed by atoms with Gasteiger partial charge in [-0.25, -0.2) is 9.69 Å². The zero-order valence-corrected chi connectivity index (χ0v) is 17.0. The van der Waals surface area contributed by atoms with Gasteiger partial charge in [-0.15, -0.1) is 0 Å². The van der Waals surface area contributed by atoms with Crippen LogP contribution in [0.2, 0.25) is 0 Å². The summed E-state index contributed by atoms with van der Waals surface area (Å²) in [7, 11) is 0. The molecule has 3 rings (SSSR count). The number of hydrogen-bond acceptors (Lipinski definition) is 5. The van der Waals surface area contributed by atoms with E-state index in [1.54, 1.807) is 36.4 Å². The molecular formula is C21H16BrN3O4. The fourth-order valence-corrected chi connectivity index (χ4v) is 3.34. The molecule has 146 valence electrons. The largest absolute Gasteiger partial charge is 0.478 e. The van der Waals surface area contributed by atoms with Gasteiger partial charge in [0.1, 0.15) is 17.4 Å². The molecule has 8 heteroatoms. The number of rotatable bonds is 5. The van der Waals surface area contributed by atoms with Crippen molar-refractivity contribution < 1.29 is 19.1 Å². The minimum atomic E-state index is -0.803. The van der Waals surface area contributed by atoms with E-state index in [-0.39, 0.29) is 12.2 Å². The van der Waals surface area contributed by atoms with E-state index in [1.165, 1.54) is 6.08 Å². The molecule has 0 unspecified atom stereocenters. The van der Waals surface area contributed by atoms with Crippen LogP contribution in [0, 0.1) is 11.3 Å². The SMILES string of the molecule is CCc1cc(Br)ccc1N1C(=O)NC(=O)C(=Cc2ccccc2OCC#N)C1=O. The van der Waals surface area contributed by atoms with Crippen LogP contribution in [0.15, 0.2) is 52.5 Å². The molecule has 0 aliphatic carbocycles. The van der Waals surface area contributed by atoms with Crippen LogP contribution < -0.4 is 15.0 Å². The maximum Gasteiger partial charge on any atom is 0.335 e. The second-order valence-electron chi connectivity index (χ2n) is 6.07. The molecular weight excluding hydrogens is 438 g/mol. The zero-order valence-electron chi connectivity index (χ0n) is 15.4. The number of para-hydroxylation sites is 1. The van der Waals surface area contributed by atoms with Crippen molar-refractivity contribution >= 4 is 45.5 Å². The Labute approximate surface area is 175 Å². The van der Waals surface area contributed by atoms with Crippen molar-refractivity contribution in [1.82, 2.24) is 5.32 Å². The lowest BCUT2D eigenvalue weighted by molar-refractivity contribution is -0.122. The van der Waals surface area contributed by atoms with E-state index in [1.807, 2.05) is 19.1 Å². The summed E-state index contributed by atoms with van der Waals surface area (Å²) >= 11 is 3.38. The van der Waals surface area contributed by atoms with E-state index in [9.17, 15) is 14.4 Å². The number of hydrogen-bond donors (Lipinski definition) is 1. The Morgan fingerprint density at radius 2 is 1.97 bits per heavy atom. The number of ether oxygens (including phenoxy) is 1. The molecule has 0 radical (unpaired) electrons. The molecule has 1 heterocycles. The molecule has 1 N–H and O–H groups in total. The average Bonchev–Trinajstić information content (AvgIpc) is 2.71. The zero-order chi connectivity index (χ0) is 21.0. The Bertz CT molecular complexity index is 1070. The molecule has 1 aliphatic heterocycles. The van der Waals surface area contributed by atoms with Crippen LogP contribution in [0.5, 0.6) is 5.75 Å². The van der Waals surface area contributed by atoms with Crippen LogP contribution in [0.4, 0.5) is 10.5 Å². The third kappa shape index (κ3) is 4.20. The summed E-state index contributed by atoms with van der Waals surface area (Å²) in [5.41, 5.74) is 1.42. The molecule has 0 spiro atoms. The van der Waals surface area contributed by atoms with Gasteiger partial charge in [0, 0.05) is 10.0 Å². The molecule has 4 amide bonds. The Morgan fingerprint density at radius 3 is 2.69 bits per heavy atom. The van der Waals surface area contributed by atoms with Gasteiger partial charge < -0.3 is 4.74 Å². The monoisotopic (exact) mass is 453 g/mol. The number of nitrogens with zero attached hydrogens (tertiary/aromatic N) is 2. The highest BCUT2D eigenvalue weighted by molar-refractivity contribution is 9.10. The summed E-state index contributed by atoms with van der Waals surface area (Å²) in [6, 6.07) is 13.0. The molecule has 1 saturated heterocycles. The first kappa shape index (κ1) is 20.3. The van der Waals surface area contributed by atoms with Crippen molar-refractivity contribution in [2.24, 2.45) is 0 Å². The third-order valence-electron chi connectivity index (χ3n) is 4.28. The number of halogens is 1. The van der Waals surface area contributed by atoms with Crippen molar-refractivity contribution in [2.45, 2.75) is 13.3 Å². The molecule has 1 fully saturated rings. The molecule has 7 nitrogen and oxygen atoms in total. The van der Waals surface area contributed by atoms with Gasteiger partial charge in [0.05, 0.1) is 5.69 Å². The number of imide groups is 2. The minimum Gasteiger partial charge on any atom is -0.478 e. The summed E-state index contributed by atoms with van der Waals surface area (Å²) in [6.45, 7) is 1.73. The smallest absolute Gasteiger partial charge is 0.335 e. The Balaban J connectivity index is 2.05. The second kappa shape index (κ2) is 8.71. The van der Waals surface area contributed by atoms with Gasteiger partial charge >= 0.3 is 6.03 Å². The van der Waals surface area contributed by atoms with Gasteiger partial charge in [-0.2, -0.15) is 5.26 Å². The summed E-state index contributed by atoms with van der Waals surface area (Å²) in [5.74, 6) is -1.17. The van der Waals surface area contributed by atoms with Gasteiger partial charge in [-0.3, -0.25) is 14.9 Å². The molecule has 2 aromatic carbocycles. The fraction of sp³-hybridized carbons (Fsp3) is 0.143. The number of carbonyl (C=O) groups excluding carboxylic acids is 3. The van der Waals surface area contributed by atoms with Crippen LogP contribution in [0.3, 0.4) is 0 Å². The van der Waals surface area contributed by atoms with Gasteiger partial charge in [0.2, 0.25) is 0 Å². The summed E-state index contributed by atoms with van der Waals surface area (Å²) in [5, 5.41) is 10.9. The molecule has 0 saturated carbocycles. The highest BCUT2D eigenvalue weighted by Crippen LogP contribution is 2.29. The van der Waals surface area contributed by atoms with Gasteiger partial charge in [0.25, 0.3) is 11.8 Å². The van der Waals surface area contributed by atoms with Crippen LogP contribution in [0.1, 0.15) is 18.1 Å². The van der Waals surface area contributed by atoms with Crippen molar-refractivity contribution in [2.75, 3.05) is 11.5 Å². The molecule has 0 bridgehead atoms. The average molecular weight is 454 g/mol. The van der Waals surface area contributed by atoms with Crippen molar-refractivity contribution in [3.05, 3.63) is 63.6 Å². The molecule has 0 atom stereocenters. The normalized spacial score (nSPS) is 15.3. The number of carbonyl (C=O) groups is 3. The molecule has 1 aliphatic rings. The van der Waals surface area contributed by atoms with E-state index in [2.05, 4.69) is 21.2 Å². The number of nitriles is 1. The van der Waals surface area contributed by atoms with Crippen molar-refractivity contribution in [3.8, 4) is 11.8 Å². The van der Waals surface area contributed by atoms with E-state index in [0.717, 1.165) is 14.9 Å².